The number of fused-ring (bicyclic) bond motifs is 2. The molecule has 1 aliphatic rings. The molecule has 2 heterocycles. The summed E-state index contributed by atoms with van der Waals surface area (Å²) in [5.41, 5.74) is 4.27. The minimum absolute atomic E-state index is 0.446. The summed E-state index contributed by atoms with van der Waals surface area (Å²) < 4.78 is 1.98. The first-order chi connectivity index (χ1) is 12.7. The molecule has 4 nitrogen and oxygen atoms in total. The lowest BCUT2D eigenvalue weighted by Gasteiger charge is -2.29. The molecule has 2 aromatic heterocycles. The van der Waals surface area contributed by atoms with Gasteiger partial charge in [-0.2, -0.15) is 5.10 Å². The highest BCUT2D eigenvalue weighted by molar-refractivity contribution is 6.07. The molecule has 1 saturated carbocycles. The van der Waals surface area contributed by atoms with E-state index in [4.69, 9.17) is 4.98 Å². The zero-order valence-corrected chi connectivity index (χ0v) is 15.8. The molecule has 4 rings (SSSR count). The van der Waals surface area contributed by atoms with Crippen molar-refractivity contribution in [3.05, 3.63) is 36.5 Å². The van der Waals surface area contributed by atoms with Gasteiger partial charge in [0, 0.05) is 18.0 Å². The first kappa shape index (κ1) is 17.1. The van der Waals surface area contributed by atoms with Crippen LogP contribution >= 0.6 is 0 Å². The van der Waals surface area contributed by atoms with Crippen LogP contribution in [0, 0.1) is 5.92 Å². The lowest BCUT2D eigenvalue weighted by molar-refractivity contribution is 0.328. The zero-order valence-electron chi connectivity index (χ0n) is 15.8. The lowest BCUT2D eigenvalue weighted by Crippen LogP contribution is -2.27. The van der Waals surface area contributed by atoms with Crippen molar-refractivity contribution < 1.29 is 0 Å². The smallest absolute Gasteiger partial charge is 0.160 e. The molecule has 1 fully saturated rings. The van der Waals surface area contributed by atoms with E-state index < -0.39 is 0 Å². The highest BCUT2D eigenvalue weighted by Crippen LogP contribution is 2.35. The summed E-state index contributed by atoms with van der Waals surface area (Å²) in [6.45, 7) is 9.19. The molecule has 3 aromatic rings. The van der Waals surface area contributed by atoms with Crippen molar-refractivity contribution in [1.82, 2.24) is 14.8 Å². The van der Waals surface area contributed by atoms with Gasteiger partial charge in [0.05, 0.1) is 22.8 Å². The molecule has 0 saturated heterocycles. The first-order valence-corrected chi connectivity index (χ1v) is 9.89. The van der Waals surface area contributed by atoms with Crippen LogP contribution in [-0.4, -0.2) is 20.8 Å². The maximum absolute atomic E-state index is 4.89. The summed E-state index contributed by atoms with van der Waals surface area (Å²) in [5.74, 6) is 0.742. The Morgan fingerprint density at radius 3 is 2.81 bits per heavy atom. The molecule has 0 radical (unpaired) electrons. The largest absolute Gasteiger partial charge is 0.381 e. The van der Waals surface area contributed by atoms with E-state index in [0.717, 1.165) is 40.0 Å². The van der Waals surface area contributed by atoms with Crippen molar-refractivity contribution in [1.29, 1.82) is 0 Å². The van der Waals surface area contributed by atoms with Crippen LogP contribution in [0.15, 0.2) is 31.0 Å². The molecule has 1 atom stereocenters. The average Bonchev–Trinajstić information content (AvgIpc) is 3.10. The summed E-state index contributed by atoms with van der Waals surface area (Å²) in [5, 5.41) is 10.7. The van der Waals surface area contributed by atoms with Crippen molar-refractivity contribution in [2.24, 2.45) is 5.92 Å². The quantitative estimate of drug-likeness (QED) is 0.650. The van der Waals surface area contributed by atoms with Crippen molar-refractivity contribution in [2.75, 3.05) is 5.32 Å². The van der Waals surface area contributed by atoms with E-state index in [9.17, 15) is 0 Å². The molecule has 0 amide bonds. The van der Waals surface area contributed by atoms with Crippen molar-refractivity contribution in [3.63, 3.8) is 0 Å². The molecule has 0 unspecified atom stereocenters. The number of rotatable bonds is 5. The van der Waals surface area contributed by atoms with Gasteiger partial charge in [-0.3, -0.25) is 0 Å². The second-order valence-corrected chi connectivity index (χ2v) is 7.50. The normalized spacial score (nSPS) is 16.8. The van der Waals surface area contributed by atoms with Gasteiger partial charge in [-0.05, 0) is 50.3 Å². The fraction of sp³-hybridized carbons (Fsp3) is 0.455. The van der Waals surface area contributed by atoms with E-state index in [1.165, 1.54) is 37.8 Å². The highest BCUT2D eigenvalue weighted by Gasteiger charge is 2.22. The average molecular weight is 348 g/mol. The predicted molar refractivity (Wildman–Crippen MR) is 110 cm³/mol. The van der Waals surface area contributed by atoms with Crippen molar-refractivity contribution in [2.45, 2.75) is 58.5 Å². The van der Waals surface area contributed by atoms with E-state index in [1.54, 1.807) is 0 Å². The van der Waals surface area contributed by atoms with Gasteiger partial charge in [0.2, 0.25) is 0 Å². The van der Waals surface area contributed by atoms with Crippen LogP contribution in [0.4, 0.5) is 5.69 Å². The number of aromatic nitrogens is 3. The summed E-state index contributed by atoms with van der Waals surface area (Å²) in [6.07, 6.45) is 10.6. The molecule has 4 heteroatoms. The molecule has 1 aromatic carbocycles. The minimum Gasteiger partial charge on any atom is -0.381 e. The molecule has 1 aliphatic carbocycles. The number of pyridine rings is 1. The number of benzene rings is 1. The number of hydrogen-bond donors (Lipinski definition) is 1. The van der Waals surface area contributed by atoms with E-state index in [0.29, 0.717) is 6.04 Å². The van der Waals surface area contributed by atoms with Gasteiger partial charge in [-0.15, -0.1) is 0 Å². The van der Waals surface area contributed by atoms with Crippen LogP contribution in [0.1, 0.15) is 51.5 Å². The molecule has 0 aliphatic heterocycles. The van der Waals surface area contributed by atoms with Gasteiger partial charge in [0.1, 0.15) is 0 Å². The fourth-order valence-electron chi connectivity index (χ4n) is 4.28. The third kappa shape index (κ3) is 2.98. The van der Waals surface area contributed by atoms with Gasteiger partial charge in [0.15, 0.2) is 5.65 Å². The molecular weight excluding hydrogens is 320 g/mol. The van der Waals surface area contributed by atoms with Gasteiger partial charge in [-0.25, -0.2) is 9.67 Å². The van der Waals surface area contributed by atoms with Crippen LogP contribution in [0.5, 0.6) is 0 Å². The van der Waals surface area contributed by atoms with Gasteiger partial charge >= 0.3 is 0 Å². The van der Waals surface area contributed by atoms with E-state index in [-0.39, 0.29) is 0 Å². The Hall–Kier alpha value is -2.36. The summed E-state index contributed by atoms with van der Waals surface area (Å²) >= 11 is 0. The molecule has 26 heavy (non-hydrogen) atoms. The number of anilines is 1. The van der Waals surface area contributed by atoms with Crippen LogP contribution in [0.25, 0.3) is 28.0 Å². The van der Waals surface area contributed by atoms with Crippen LogP contribution in [0.2, 0.25) is 0 Å². The summed E-state index contributed by atoms with van der Waals surface area (Å²) in [6, 6.07) is 6.81. The molecule has 0 bridgehead atoms. The van der Waals surface area contributed by atoms with E-state index >= 15 is 0 Å². The Balaban J connectivity index is 1.84. The molecule has 0 spiro atoms. The molecule has 1 N–H and O–H groups in total. The standard InChI is InChI=1S/C22H28N4/c1-4-16-11-12-20-18(13-16)21(19-14-23-26(5-2)22(19)25-20)24-15(3)17-9-7-6-8-10-17/h4,11-15,17H,1,5-10H2,2-3H3,(H,24,25)/t15-/m0/s1. The predicted octanol–water partition coefficient (Wildman–Crippen LogP) is 5.63. The number of hydrogen-bond acceptors (Lipinski definition) is 3. The Kier molecular flexibility index (Phi) is 4.66. The second-order valence-electron chi connectivity index (χ2n) is 7.50. The third-order valence-corrected chi connectivity index (χ3v) is 5.86. The Bertz CT molecular complexity index is 934. The maximum Gasteiger partial charge on any atom is 0.160 e. The van der Waals surface area contributed by atoms with Crippen molar-refractivity contribution in [3.8, 4) is 0 Å². The van der Waals surface area contributed by atoms with Crippen LogP contribution in [-0.2, 0) is 6.54 Å². The highest BCUT2D eigenvalue weighted by atomic mass is 15.3. The Morgan fingerprint density at radius 2 is 2.08 bits per heavy atom. The van der Waals surface area contributed by atoms with Crippen LogP contribution in [0.3, 0.4) is 0 Å². The maximum atomic E-state index is 4.89. The lowest BCUT2D eigenvalue weighted by atomic mass is 9.84. The van der Waals surface area contributed by atoms with Gasteiger partial charge in [0.25, 0.3) is 0 Å². The van der Waals surface area contributed by atoms with E-state index in [1.807, 2.05) is 17.0 Å². The number of aryl methyl sites for hydroxylation is 1. The zero-order chi connectivity index (χ0) is 18.1. The molecule has 136 valence electrons. The van der Waals surface area contributed by atoms with Crippen molar-refractivity contribution >= 4 is 33.7 Å². The summed E-state index contributed by atoms with van der Waals surface area (Å²) in [7, 11) is 0. The topological polar surface area (TPSA) is 42.7 Å². The molecular formula is C22H28N4. The fourth-order valence-corrected chi connectivity index (χ4v) is 4.28. The number of nitrogens with one attached hydrogen (secondary N) is 1. The SMILES string of the molecule is C=Cc1ccc2nc3c(cnn3CC)c(N[C@@H](C)C3CCCCC3)c2c1. The van der Waals surface area contributed by atoms with E-state index in [2.05, 4.69) is 49.0 Å². The van der Waals surface area contributed by atoms with Gasteiger partial charge < -0.3 is 5.32 Å². The van der Waals surface area contributed by atoms with Gasteiger partial charge in [-0.1, -0.05) is 38.0 Å². The Morgan fingerprint density at radius 1 is 1.27 bits per heavy atom. The Labute approximate surface area is 155 Å². The van der Waals surface area contributed by atoms with Crippen LogP contribution < -0.4 is 5.32 Å². The first-order valence-electron chi connectivity index (χ1n) is 9.89. The monoisotopic (exact) mass is 348 g/mol. The third-order valence-electron chi connectivity index (χ3n) is 5.86. The second kappa shape index (κ2) is 7.10. The number of nitrogens with zero attached hydrogens (tertiary/aromatic N) is 3. The summed E-state index contributed by atoms with van der Waals surface area (Å²) in [4.78, 5) is 4.89. The minimum atomic E-state index is 0.446.